The number of aromatic nitrogens is 2. The third kappa shape index (κ3) is 3.32. The second kappa shape index (κ2) is 7.15. The second-order valence-corrected chi connectivity index (χ2v) is 8.04. The summed E-state index contributed by atoms with van der Waals surface area (Å²) in [6, 6.07) is 0.560. The zero-order valence-corrected chi connectivity index (χ0v) is 15.8. The molecule has 0 saturated carbocycles. The number of hydrogen-bond acceptors (Lipinski definition) is 7. The van der Waals surface area contributed by atoms with Crippen LogP contribution < -0.4 is 4.90 Å². The molecule has 1 unspecified atom stereocenters. The molecule has 3 aliphatic rings. The minimum absolute atomic E-state index is 0.243. The van der Waals surface area contributed by atoms with Crippen LogP contribution in [0.4, 0.5) is 6.01 Å². The number of anilines is 1. The Morgan fingerprint density at radius 1 is 1.12 bits per heavy atom. The summed E-state index contributed by atoms with van der Waals surface area (Å²) in [5, 5.41) is 4.05. The van der Waals surface area contributed by atoms with Gasteiger partial charge in [0.15, 0.2) is 5.82 Å². The normalized spacial score (nSPS) is 27.4. The Labute approximate surface area is 154 Å². The second-order valence-electron chi connectivity index (χ2n) is 8.04. The van der Waals surface area contributed by atoms with Crippen LogP contribution in [-0.2, 0) is 9.53 Å². The molecule has 4 rings (SSSR count). The van der Waals surface area contributed by atoms with E-state index in [1.54, 1.807) is 0 Å². The molecule has 8 heteroatoms. The van der Waals surface area contributed by atoms with E-state index in [0.717, 1.165) is 71.1 Å². The Bertz CT molecular complexity index is 643. The van der Waals surface area contributed by atoms with Crippen molar-refractivity contribution in [3.8, 4) is 0 Å². The van der Waals surface area contributed by atoms with Crippen LogP contribution in [0.25, 0.3) is 0 Å². The third-order valence-corrected chi connectivity index (χ3v) is 5.96. The van der Waals surface area contributed by atoms with Crippen molar-refractivity contribution >= 4 is 11.9 Å². The minimum Gasteiger partial charge on any atom is -0.379 e. The predicted molar refractivity (Wildman–Crippen MR) is 96.1 cm³/mol. The van der Waals surface area contributed by atoms with Gasteiger partial charge in [0.2, 0.25) is 5.91 Å². The molecular formula is C18H29N5O3. The van der Waals surface area contributed by atoms with Crippen molar-refractivity contribution in [3.63, 3.8) is 0 Å². The number of amides is 1. The molecule has 8 nitrogen and oxygen atoms in total. The highest BCUT2D eigenvalue weighted by molar-refractivity contribution is 5.86. The van der Waals surface area contributed by atoms with Gasteiger partial charge in [-0.2, -0.15) is 4.98 Å². The lowest BCUT2D eigenvalue weighted by Gasteiger charge is -2.29. The summed E-state index contributed by atoms with van der Waals surface area (Å²) in [6.07, 6.45) is 1.80. The van der Waals surface area contributed by atoms with E-state index in [2.05, 4.69) is 19.9 Å². The van der Waals surface area contributed by atoms with Gasteiger partial charge in [0.05, 0.1) is 18.6 Å². The van der Waals surface area contributed by atoms with Gasteiger partial charge < -0.3 is 19.1 Å². The van der Waals surface area contributed by atoms with Crippen LogP contribution in [0.2, 0.25) is 0 Å². The molecule has 3 aliphatic heterocycles. The van der Waals surface area contributed by atoms with Crippen LogP contribution in [0.3, 0.4) is 0 Å². The Balaban J connectivity index is 1.34. The monoisotopic (exact) mass is 363 g/mol. The molecule has 144 valence electrons. The molecule has 1 amide bonds. The van der Waals surface area contributed by atoms with E-state index in [0.29, 0.717) is 18.5 Å². The Morgan fingerprint density at radius 2 is 1.88 bits per heavy atom. The summed E-state index contributed by atoms with van der Waals surface area (Å²) in [4.78, 5) is 24.1. The molecule has 1 spiro atoms. The van der Waals surface area contributed by atoms with E-state index < -0.39 is 0 Å². The molecule has 0 aromatic carbocycles. The van der Waals surface area contributed by atoms with Crippen LogP contribution in [0, 0.1) is 5.41 Å². The highest BCUT2D eigenvalue weighted by atomic mass is 16.5. The largest absolute Gasteiger partial charge is 0.379 e. The zero-order chi connectivity index (χ0) is 18.1. The van der Waals surface area contributed by atoms with Gasteiger partial charge in [-0.3, -0.25) is 9.69 Å². The molecule has 4 heterocycles. The van der Waals surface area contributed by atoms with Gasteiger partial charge in [0.1, 0.15) is 0 Å². The Hall–Kier alpha value is -1.67. The molecule has 1 aromatic rings. The number of likely N-dealkylation sites (tertiary alicyclic amines) is 1. The van der Waals surface area contributed by atoms with Crippen LogP contribution in [-0.4, -0.2) is 84.9 Å². The number of hydrogen-bond donors (Lipinski definition) is 0. The maximum absolute atomic E-state index is 13.1. The SMILES string of the molecule is CC(C)c1noc(N2CCC3(CCN(CCN4CCOCC4)C3=O)C2)n1. The number of carbonyl (C=O) groups excluding carboxylic acids is 1. The maximum atomic E-state index is 13.1. The Kier molecular flexibility index (Phi) is 4.88. The quantitative estimate of drug-likeness (QED) is 0.771. The number of morpholine rings is 1. The van der Waals surface area contributed by atoms with E-state index >= 15 is 0 Å². The fraction of sp³-hybridized carbons (Fsp3) is 0.833. The lowest BCUT2D eigenvalue weighted by molar-refractivity contribution is -0.135. The Morgan fingerprint density at radius 3 is 2.62 bits per heavy atom. The summed E-state index contributed by atoms with van der Waals surface area (Å²) in [7, 11) is 0. The van der Waals surface area contributed by atoms with E-state index in [1.807, 2.05) is 18.7 Å². The van der Waals surface area contributed by atoms with Gasteiger partial charge in [0, 0.05) is 51.7 Å². The van der Waals surface area contributed by atoms with Crippen molar-refractivity contribution in [1.82, 2.24) is 19.9 Å². The van der Waals surface area contributed by atoms with Crippen molar-refractivity contribution in [1.29, 1.82) is 0 Å². The first-order valence-corrected chi connectivity index (χ1v) is 9.75. The predicted octanol–water partition coefficient (Wildman–Crippen LogP) is 0.954. The molecule has 3 saturated heterocycles. The van der Waals surface area contributed by atoms with Crippen molar-refractivity contribution < 1.29 is 14.1 Å². The molecule has 0 bridgehead atoms. The van der Waals surface area contributed by atoms with Gasteiger partial charge in [-0.15, -0.1) is 0 Å². The van der Waals surface area contributed by atoms with E-state index in [-0.39, 0.29) is 11.3 Å². The molecule has 0 aliphatic carbocycles. The van der Waals surface area contributed by atoms with Crippen LogP contribution in [0.5, 0.6) is 0 Å². The van der Waals surface area contributed by atoms with Gasteiger partial charge >= 0.3 is 6.01 Å². The molecule has 0 radical (unpaired) electrons. The van der Waals surface area contributed by atoms with Crippen LogP contribution in [0.1, 0.15) is 38.4 Å². The topological polar surface area (TPSA) is 74.9 Å². The fourth-order valence-electron chi connectivity index (χ4n) is 4.20. The van der Waals surface area contributed by atoms with Crippen molar-refractivity contribution in [2.24, 2.45) is 5.41 Å². The number of carbonyl (C=O) groups is 1. The number of nitrogens with zero attached hydrogens (tertiary/aromatic N) is 5. The number of rotatable bonds is 5. The minimum atomic E-state index is -0.266. The zero-order valence-electron chi connectivity index (χ0n) is 15.8. The van der Waals surface area contributed by atoms with Crippen LogP contribution >= 0.6 is 0 Å². The van der Waals surface area contributed by atoms with E-state index in [1.165, 1.54) is 0 Å². The van der Waals surface area contributed by atoms with Gasteiger partial charge in [0.25, 0.3) is 0 Å². The summed E-state index contributed by atoms with van der Waals surface area (Å²) in [5.41, 5.74) is -0.266. The smallest absolute Gasteiger partial charge is 0.324 e. The van der Waals surface area contributed by atoms with E-state index in [4.69, 9.17) is 9.26 Å². The first kappa shape index (κ1) is 17.7. The summed E-state index contributed by atoms with van der Waals surface area (Å²) in [6.45, 7) is 11.8. The first-order valence-electron chi connectivity index (χ1n) is 9.75. The molecule has 1 aromatic heterocycles. The molecule has 0 N–H and O–H groups in total. The third-order valence-electron chi connectivity index (χ3n) is 5.96. The summed E-state index contributed by atoms with van der Waals surface area (Å²) in [5.74, 6) is 1.27. The average molecular weight is 363 g/mol. The van der Waals surface area contributed by atoms with Gasteiger partial charge in [-0.05, 0) is 12.8 Å². The van der Waals surface area contributed by atoms with Gasteiger partial charge in [-0.1, -0.05) is 19.0 Å². The van der Waals surface area contributed by atoms with E-state index in [9.17, 15) is 4.79 Å². The molecule has 3 fully saturated rings. The summed E-state index contributed by atoms with van der Waals surface area (Å²) < 4.78 is 10.8. The number of ether oxygens (including phenoxy) is 1. The highest BCUT2D eigenvalue weighted by Gasteiger charge is 2.51. The molecule has 26 heavy (non-hydrogen) atoms. The molecule has 1 atom stereocenters. The van der Waals surface area contributed by atoms with Crippen LogP contribution in [0.15, 0.2) is 4.52 Å². The fourth-order valence-corrected chi connectivity index (χ4v) is 4.20. The summed E-state index contributed by atoms with van der Waals surface area (Å²) >= 11 is 0. The standard InChI is InChI=1S/C18H29N5O3/c1-14(2)15-19-17(26-20-15)23-6-4-18(13-23)3-5-22(16(18)24)8-7-21-9-11-25-12-10-21/h14H,3-13H2,1-2H3. The molecular weight excluding hydrogens is 334 g/mol. The van der Waals surface area contributed by atoms with Crippen molar-refractivity contribution in [3.05, 3.63) is 5.82 Å². The van der Waals surface area contributed by atoms with Crippen molar-refractivity contribution in [2.45, 2.75) is 32.6 Å². The lowest BCUT2D eigenvalue weighted by atomic mass is 9.85. The maximum Gasteiger partial charge on any atom is 0.324 e. The average Bonchev–Trinajstić information content (AvgIpc) is 3.36. The lowest BCUT2D eigenvalue weighted by Crippen LogP contribution is -2.43. The highest BCUT2D eigenvalue weighted by Crippen LogP contribution is 2.41. The van der Waals surface area contributed by atoms with Gasteiger partial charge in [-0.25, -0.2) is 0 Å². The van der Waals surface area contributed by atoms with Crippen molar-refractivity contribution in [2.75, 3.05) is 63.9 Å². The first-order chi connectivity index (χ1) is 12.6.